The first kappa shape index (κ1) is 19.0. The van der Waals surface area contributed by atoms with E-state index in [0.717, 1.165) is 28.4 Å². The molecule has 0 aliphatic heterocycles. The van der Waals surface area contributed by atoms with Crippen molar-refractivity contribution in [2.45, 2.75) is 11.8 Å². The molecule has 0 aromatic heterocycles. The van der Waals surface area contributed by atoms with E-state index in [9.17, 15) is 28.8 Å². The van der Waals surface area contributed by atoms with Crippen LogP contribution in [0, 0.1) is 0 Å². The van der Waals surface area contributed by atoms with Gasteiger partial charge in [0.2, 0.25) is 10.9 Å². The molecule has 0 bridgehead atoms. The molecule has 0 aliphatic carbocycles. The number of hydrogen-bond donors (Lipinski definition) is 0. The van der Waals surface area contributed by atoms with Crippen LogP contribution in [0.25, 0.3) is 0 Å². The fraction of sp³-hybridized carbons (Fsp3) is 0.429. The van der Waals surface area contributed by atoms with Gasteiger partial charge in [-0.1, -0.05) is 0 Å². The van der Waals surface area contributed by atoms with Crippen LogP contribution in [-0.4, -0.2) is 52.3 Å². The SMILES string of the molecule is COC(=O)C(C(=O)OC)c1c(C(C(=O)OC)C(=O)OC)c(=O)c1=O. The lowest BCUT2D eigenvalue weighted by Crippen LogP contribution is -2.48. The van der Waals surface area contributed by atoms with Gasteiger partial charge in [0.05, 0.1) is 28.4 Å². The molecule has 0 N–H and O–H groups in total. The minimum atomic E-state index is -1.91. The summed E-state index contributed by atoms with van der Waals surface area (Å²) in [5.74, 6) is -8.58. The van der Waals surface area contributed by atoms with E-state index in [1.807, 2.05) is 0 Å². The highest BCUT2D eigenvalue weighted by atomic mass is 16.6. The second-order valence-electron chi connectivity index (χ2n) is 4.44. The molecule has 0 unspecified atom stereocenters. The van der Waals surface area contributed by atoms with Crippen molar-refractivity contribution in [2.75, 3.05) is 28.4 Å². The van der Waals surface area contributed by atoms with Crippen LogP contribution >= 0.6 is 0 Å². The van der Waals surface area contributed by atoms with Gasteiger partial charge in [-0.3, -0.25) is 28.8 Å². The molecule has 0 atom stereocenters. The summed E-state index contributed by atoms with van der Waals surface area (Å²) < 4.78 is 17.6. The molecule has 10 heteroatoms. The molecule has 0 heterocycles. The first-order valence-corrected chi connectivity index (χ1v) is 6.41. The van der Waals surface area contributed by atoms with Crippen molar-refractivity contribution in [3.8, 4) is 0 Å². The van der Waals surface area contributed by atoms with E-state index < -0.39 is 57.7 Å². The fourth-order valence-corrected chi connectivity index (χ4v) is 2.14. The standard InChI is InChI=1S/C14H14O10/c1-21-11(17)7(12(18)22-2)5-6(10(16)9(5)15)8(13(19)23-3)14(20)24-4/h7-8H,1-4H3. The van der Waals surface area contributed by atoms with Gasteiger partial charge in [-0.2, -0.15) is 0 Å². The Balaban J connectivity index is 3.61. The smallest absolute Gasteiger partial charge is 0.324 e. The van der Waals surface area contributed by atoms with Gasteiger partial charge in [0.25, 0.3) is 0 Å². The molecule has 1 rings (SSSR count). The predicted octanol–water partition coefficient (Wildman–Crippen LogP) is -1.86. The average molecular weight is 342 g/mol. The second kappa shape index (κ2) is 7.49. The van der Waals surface area contributed by atoms with Crippen LogP contribution in [-0.2, 0) is 38.1 Å². The van der Waals surface area contributed by atoms with Gasteiger partial charge >= 0.3 is 23.9 Å². The normalized spacial score (nSPS) is 10.6. The number of carbonyl (C=O) groups excluding carboxylic acids is 4. The van der Waals surface area contributed by atoms with Crippen LogP contribution < -0.4 is 10.9 Å². The van der Waals surface area contributed by atoms with Crippen LogP contribution in [0.4, 0.5) is 0 Å². The maximum absolute atomic E-state index is 11.9. The van der Waals surface area contributed by atoms with Crippen molar-refractivity contribution in [2.24, 2.45) is 0 Å². The first-order valence-electron chi connectivity index (χ1n) is 6.41. The van der Waals surface area contributed by atoms with E-state index in [0.29, 0.717) is 0 Å². The first-order chi connectivity index (χ1) is 11.3. The molecule has 0 fully saturated rings. The topological polar surface area (TPSA) is 139 Å². The van der Waals surface area contributed by atoms with Crippen molar-refractivity contribution in [3.05, 3.63) is 31.6 Å². The Morgan fingerprint density at radius 3 is 0.958 bits per heavy atom. The van der Waals surface area contributed by atoms with Gasteiger partial charge in [-0.15, -0.1) is 0 Å². The molecule has 0 radical (unpaired) electrons. The molecule has 1 aromatic carbocycles. The minimum absolute atomic E-state index is 0.653. The predicted molar refractivity (Wildman–Crippen MR) is 74.9 cm³/mol. The molecule has 0 spiro atoms. The molecule has 0 saturated heterocycles. The fourth-order valence-electron chi connectivity index (χ4n) is 2.14. The molecule has 0 aliphatic rings. The zero-order valence-electron chi connectivity index (χ0n) is 13.2. The van der Waals surface area contributed by atoms with Gasteiger partial charge in [-0.25, -0.2) is 0 Å². The van der Waals surface area contributed by atoms with E-state index in [4.69, 9.17) is 0 Å². The van der Waals surface area contributed by atoms with Crippen molar-refractivity contribution < 1.29 is 38.1 Å². The van der Waals surface area contributed by atoms with E-state index in [1.165, 1.54) is 0 Å². The third-order valence-electron chi connectivity index (χ3n) is 3.31. The van der Waals surface area contributed by atoms with Gasteiger partial charge < -0.3 is 18.9 Å². The summed E-state index contributed by atoms with van der Waals surface area (Å²) in [5.41, 5.74) is -3.72. The maximum atomic E-state index is 11.9. The summed E-state index contributed by atoms with van der Waals surface area (Å²) in [6.45, 7) is 0. The van der Waals surface area contributed by atoms with Crippen LogP contribution in [0.15, 0.2) is 9.59 Å². The number of carbonyl (C=O) groups is 4. The number of esters is 4. The molecule has 130 valence electrons. The van der Waals surface area contributed by atoms with E-state index in [1.54, 1.807) is 0 Å². The molecule has 1 aromatic rings. The number of ether oxygens (including phenoxy) is 4. The number of hydrogen-bond acceptors (Lipinski definition) is 10. The highest BCUT2D eigenvalue weighted by molar-refractivity contribution is 6.05. The lowest BCUT2D eigenvalue weighted by atomic mass is 9.82. The van der Waals surface area contributed by atoms with Gasteiger partial charge in [0.15, 0.2) is 11.8 Å². The molecule has 10 nitrogen and oxygen atoms in total. The third kappa shape index (κ3) is 3.03. The van der Waals surface area contributed by atoms with Gasteiger partial charge in [0.1, 0.15) is 0 Å². The van der Waals surface area contributed by atoms with E-state index in [-0.39, 0.29) is 0 Å². The van der Waals surface area contributed by atoms with Gasteiger partial charge in [-0.05, 0) is 0 Å². The van der Waals surface area contributed by atoms with Crippen molar-refractivity contribution in [3.63, 3.8) is 0 Å². The van der Waals surface area contributed by atoms with Crippen molar-refractivity contribution in [1.82, 2.24) is 0 Å². The Kier molecular flexibility index (Phi) is 5.93. The molecule has 0 amide bonds. The lowest BCUT2D eigenvalue weighted by molar-refractivity contribution is -0.157. The van der Waals surface area contributed by atoms with Crippen molar-refractivity contribution >= 4 is 23.9 Å². The highest BCUT2D eigenvalue weighted by Crippen LogP contribution is 2.27. The number of rotatable bonds is 6. The van der Waals surface area contributed by atoms with Crippen LogP contribution in [0.5, 0.6) is 0 Å². The second-order valence-corrected chi connectivity index (χ2v) is 4.44. The maximum Gasteiger partial charge on any atom is 0.324 e. The molecule has 0 saturated carbocycles. The number of methoxy groups -OCH3 is 4. The van der Waals surface area contributed by atoms with Crippen molar-refractivity contribution in [1.29, 1.82) is 0 Å². The molecular formula is C14H14O10. The Labute approximate surface area is 134 Å². The summed E-state index contributed by atoms with van der Waals surface area (Å²) in [5, 5.41) is 0. The summed E-state index contributed by atoms with van der Waals surface area (Å²) >= 11 is 0. The monoisotopic (exact) mass is 342 g/mol. The Morgan fingerprint density at radius 1 is 0.583 bits per heavy atom. The van der Waals surface area contributed by atoms with Crippen LogP contribution in [0.2, 0.25) is 0 Å². The summed E-state index contributed by atoms with van der Waals surface area (Å²) in [4.78, 5) is 70.9. The average Bonchev–Trinajstić information content (AvgIpc) is 2.61. The summed E-state index contributed by atoms with van der Waals surface area (Å²) in [6.07, 6.45) is 0. The van der Waals surface area contributed by atoms with Crippen LogP contribution in [0.1, 0.15) is 23.0 Å². The minimum Gasteiger partial charge on any atom is -0.468 e. The third-order valence-corrected chi connectivity index (χ3v) is 3.31. The Morgan fingerprint density at radius 2 is 0.792 bits per heavy atom. The van der Waals surface area contributed by atoms with E-state index >= 15 is 0 Å². The quantitative estimate of drug-likeness (QED) is 0.250. The van der Waals surface area contributed by atoms with Crippen LogP contribution in [0.3, 0.4) is 0 Å². The zero-order valence-corrected chi connectivity index (χ0v) is 13.2. The highest BCUT2D eigenvalue weighted by Gasteiger charge is 2.46. The van der Waals surface area contributed by atoms with E-state index in [2.05, 4.69) is 18.9 Å². The Hall–Kier alpha value is -3.04. The molecule has 24 heavy (non-hydrogen) atoms. The Bertz CT molecular complexity index is 656. The summed E-state index contributed by atoms with van der Waals surface area (Å²) in [7, 11) is 3.78. The van der Waals surface area contributed by atoms with Gasteiger partial charge in [0, 0.05) is 11.1 Å². The largest absolute Gasteiger partial charge is 0.468 e. The lowest BCUT2D eigenvalue weighted by Gasteiger charge is -2.21. The molecular weight excluding hydrogens is 328 g/mol. The summed E-state index contributed by atoms with van der Waals surface area (Å²) in [6, 6.07) is 0. The zero-order chi connectivity index (χ0) is 18.6.